The van der Waals surface area contributed by atoms with Crippen LogP contribution >= 0.6 is 0 Å². The molecule has 2 rings (SSSR count). The van der Waals surface area contributed by atoms with E-state index >= 15 is 0 Å². The summed E-state index contributed by atoms with van der Waals surface area (Å²) in [5, 5.41) is 0.104. The minimum absolute atomic E-state index is 0.104. The van der Waals surface area contributed by atoms with E-state index in [4.69, 9.17) is 0 Å². The van der Waals surface area contributed by atoms with Crippen LogP contribution in [0.25, 0.3) is 0 Å². The Bertz CT molecular complexity index is 659. The molecule has 0 bridgehead atoms. The SMILES string of the molecule is CCc1ccc(N(C)S(=O)(=O)c2cnc(C)[nH]2)cc1. The van der Waals surface area contributed by atoms with E-state index in [-0.39, 0.29) is 5.03 Å². The maximum Gasteiger partial charge on any atom is 0.281 e. The smallest absolute Gasteiger partial charge is 0.281 e. The summed E-state index contributed by atoms with van der Waals surface area (Å²) in [7, 11) is -2.04. The van der Waals surface area contributed by atoms with E-state index in [1.807, 2.05) is 12.1 Å². The minimum atomic E-state index is -3.58. The number of H-pyrrole nitrogens is 1. The van der Waals surface area contributed by atoms with Crippen molar-refractivity contribution in [2.24, 2.45) is 0 Å². The van der Waals surface area contributed by atoms with Gasteiger partial charge in [-0.2, -0.15) is 8.42 Å². The van der Waals surface area contributed by atoms with Gasteiger partial charge in [-0.15, -0.1) is 0 Å². The second-order valence-electron chi connectivity index (χ2n) is 4.33. The van der Waals surface area contributed by atoms with Crippen LogP contribution in [-0.4, -0.2) is 25.4 Å². The highest BCUT2D eigenvalue weighted by Gasteiger charge is 2.23. The van der Waals surface area contributed by atoms with Crippen LogP contribution in [0, 0.1) is 6.92 Å². The molecule has 0 aliphatic carbocycles. The molecule has 0 aliphatic heterocycles. The van der Waals surface area contributed by atoms with E-state index in [1.165, 1.54) is 23.1 Å². The van der Waals surface area contributed by atoms with Crippen LogP contribution in [0.15, 0.2) is 35.5 Å². The van der Waals surface area contributed by atoms with Crippen molar-refractivity contribution in [3.63, 3.8) is 0 Å². The number of nitrogens with one attached hydrogen (secondary N) is 1. The molecule has 6 heteroatoms. The highest BCUT2D eigenvalue weighted by molar-refractivity contribution is 7.92. The molecule has 1 heterocycles. The van der Waals surface area contributed by atoms with Gasteiger partial charge in [-0.1, -0.05) is 19.1 Å². The van der Waals surface area contributed by atoms with Gasteiger partial charge in [0.05, 0.1) is 11.9 Å². The standard InChI is InChI=1S/C13H17N3O2S/c1-4-11-5-7-12(8-6-11)16(3)19(17,18)13-9-14-10(2)15-13/h5-9H,4H2,1-3H3,(H,14,15). The minimum Gasteiger partial charge on any atom is -0.332 e. The van der Waals surface area contributed by atoms with Crippen molar-refractivity contribution in [2.45, 2.75) is 25.3 Å². The Hall–Kier alpha value is -1.82. The average Bonchev–Trinajstić information content (AvgIpc) is 2.85. The molecule has 0 radical (unpaired) electrons. The van der Waals surface area contributed by atoms with E-state index in [2.05, 4.69) is 16.9 Å². The Kier molecular flexibility index (Phi) is 3.61. The Morgan fingerprint density at radius 1 is 1.26 bits per heavy atom. The topological polar surface area (TPSA) is 66.1 Å². The van der Waals surface area contributed by atoms with Crippen molar-refractivity contribution in [1.29, 1.82) is 0 Å². The fourth-order valence-electron chi connectivity index (χ4n) is 1.76. The van der Waals surface area contributed by atoms with Gasteiger partial charge in [-0.05, 0) is 31.0 Å². The first-order valence-electron chi connectivity index (χ1n) is 6.04. The zero-order valence-electron chi connectivity index (χ0n) is 11.2. The van der Waals surface area contributed by atoms with Crippen LogP contribution in [0.5, 0.6) is 0 Å². The van der Waals surface area contributed by atoms with Gasteiger partial charge in [-0.25, -0.2) is 4.98 Å². The number of hydrogen-bond acceptors (Lipinski definition) is 3. The van der Waals surface area contributed by atoms with Crippen LogP contribution in [0.4, 0.5) is 5.69 Å². The van der Waals surface area contributed by atoms with Gasteiger partial charge in [0, 0.05) is 7.05 Å². The number of rotatable bonds is 4. The molecule has 0 spiro atoms. The molecule has 19 heavy (non-hydrogen) atoms. The van der Waals surface area contributed by atoms with Gasteiger partial charge in [0.25, 0.3) is 10.0 Å². The number of sulfonamides is 1. The number of benzene rings is 1. The predicted molar refractivity (Wildman–Crippen MR) is 74.7 cm³/mol. The van der Waals surface area contributed by atoms with Crippen molar-refractivity contribution >= 4 is 15.7 Å². The predicted octanol–water partition coefficient (Wildman–Crippen LogP) is 2.11. The number of hydrogen-bond donors (Lipinski definition) is 1. The quantitative estimate of drug-likeness (QED) is 0.932. The lowest BCUT2D eigenvalue weighted by Crippen LogP contribution is -2.26. The van der Waals surface area contributed by atoms with E-state index < -0.39 is 10.0 Å². The molecule has 5 nitrogen and oxygen atoms in total. The summed E-state index contributed by atoms with van der Waals surface area (Å²) in [6.45, 7) is 3.78. The summed E-state index contributed by atoms with van der Waals surface area (Å²) in [5.41, 5.74) is 1.80. The van der Waals surface area contributed by atoms with E-state index in [0.29, 0.717) is 11.5 Å². The number of anilines is 1. The number of nitrogens with zero attached hydrogens (tertiary/aromatic N) is 2. The normalized spacial score (nSPS) is 11.5. The first-order valence-corrected chi connectivity index (χ1v) is 7.48. The molecular formula is C13H17N3O2S. The van der Waals surface area contributed by atoms with Gasteiger partial charge in [0.2, 0.25) is 0 Å². The zero-order valence-corrected chi connectivity index (χ0v) is 12.0. The molecule has 0 saturated heterocycles. The molecule has 0 aliphatic rings. The van der Waals surface area contributed by atoms with Crippen LogP contribution in [-0.2, 0) is 16.4 Å². The Morgan fingerprint density at radius 3 is 2.37 bits per heavy atom. The van der Waals surface area contributed by atoms with Crippen molar-refractivity contribution in [3.05, 3.63) is 41.9 Å². The maximum absolute atomic E-state index is 12.4. The fourth-order valence-corrected chi connectivity index (χ4v) is 2.91. The maximum atomic E-state index is 12.4. The number of aryl methyl sites for hydroxylation is 2. The lowest BCUT2D eigenvalue weighted by Gasteiger charge is -2.18. The third-order valence-electron chi connectivity index (χ3n) is 3.03. The average molecular weight is 279 g/mol. The largest absolute Gasteiger partial charge is 0.332 e. The number of aromatic nitrogens is 2. The first-order chi connectivity index (χ1) is 8.95. The molecule has 0 atom stereocenters. The lowest BCUT2D eigenvalue weighted by atomic mass is 10.1. The van der Waals surface area contributed by atoms with E-state index in [1.54, 1.807) is 19.1 Å². The van der Waals surface area contributed by atoms with Crippen molar-refractivity contribution in [2.75, 3.05) is 11.4 Å². The van der Waals surface area contributed by atoms with Crippen molar-refractivity contribution in [3.8, 4) is 0 Å². The Morgan fingerprint density at radius 2 is 1.89 bits per heavy atom. The third-order valence-corrected chi connectivity index (χ3v) is 4.72. The summed E-state index contributed by atoms with van der Waals surface area (Å²) >= 11 is 0. The highest BCUT2D eigenvalue weighted by Crippen LogP contribution is 2.21. The monoisotopic (exact) mass is 279 g/mol. The molecule has 1 N–H and O–H groups in total. The summed E-state index contributed by atoms with van der Waals surface area (Å²) in [5.74, 6) is 0.577. The molecule has 0 fully saturated rings. The van der Waals surface area contributed by atoms with E-state index in [9.17, 15) is 8.42 Å². The van der Waals surface area contributed by atoms with Crippen molar-refractivity contribution in [1.82, 2.24) is 9.97 Å². The fraction of sp³-hybridized carbons (Fsp3) is 0.308. The summed E-state index contributed by atoms with van der Waals surface area (Å²) < 4.78 is 26.0. The molecule has 0 amide bonds. The highest BCUT2D eigenvalue weighted by atomic mass is 32.2. The van der Waals surface area contributed by atoms with Crippen LogP contribution in [0.2, 0.25) is 0 Å². The summed E-state index contributed by atoms with van der Waals surface area (Å²) in [6.07, 6.45) is 2.26. The molecular weight excluding hydrogens is 262 g/mol. The second-order valence-corrected chi connectivity index (χ2v) is 6.26. The number of imidazole rings is 1. The summed E-state index contributed by atoms with van der Waals surface area (Å²) in [4.78, 5) is 6.67. The van der Waals surface area contributed by atoms with Crippen LogP contribution < -0.4 is 4.31 Å². The van der Waals surface area contributed by atoms with Crippen LogP contribution in [0.3, 0.4) is 0 Å². The van der Waals surface area contributed by atoms with Gasteiger partial charge in [-0.3, -0.25) is 4.31 Å². The Balaban J connectivity index is 2.34. The van der Waals surface area contributed by atoms with Gasteiger partial charge >= 0.3 is 0 Å². The van der Waals surface area contributed by atoms with Gasteiger partial charge < -0.3 is 4.98 Å². The molecule has 0 saturated carbocycles. The lowest BCUT2D eigenvalue weighted by molar-refractivity contribution is 0.591. The van der Waals surface area contributed by atoms with Crippen molar-refractivity contribution < 1.29 is 8.42 Å². The molecule has 102 valence electrons. The molecule has 0 unspecified atom stereocenters. The Labute approximate surface area is 113 Å². The third kappa shape index (κ3) is 2.63. The number of aromatic amines is 1. The van der Waals surface area contributed by atoms with E-state index in [0.717, 1.165) is 6.42 Å². The molecule has 1 aromatic carbocycles. The van der Waals surface area contributed by atoms with Crippen LogP contribution in [0.1, 0.15) is 18.3 Å². The van der Waals surface area contributed by atoms with Gasteiger partial charge in [0.1, 0.15) is 5.82 Å². The molecule has 2 aromatic rings. The first kappa shape index (κ1) is 13.6. The van der Waals surface area contributed by atoms with Gasteiger partial charge in [0.15, 0.2) is 5.03 Å². The summed E-state index contributed by atoms with van der Waals surface area (Å²) in [6, 6.07) is 7.47. The zero-order chi connectivity index (χ0) is 14.0. The second kappa shape index (κ2) is 5.05. The molecule has 1 aromatic heterocycles.